The summed E-state index contributed by atoms with van der Waals surface area (Å²) in [5.41, 5.74) is 0. The Morgan fingerprint density at radius 2 is 2.26 bits per heavy atom. The molecule has 1 heterocycles. The van der Waals surface area contributed by atoms with Gasteiger partial charge in [0, 0.05) is 12.6 Å². The zero-order valence-corrected chi connectivity index (χ0v) is 12.1. The number of aromatic nitrogens is 2. The van der Waals surface area contributed by atoms with Crippen molar-refractivity contribution in [3.63, 3.8) is 0 Å². The smallest absolute Gasteiger partial charge is 0.245 e. The van der Waals surface area contributed by atoms with E-state index in [0.29, 0.717) is 5.88 Å². The summed E-state index contributed by atoms with van der Waals surface area (Å²) in [5, 5.41) is 15.4. The normalized spacial score (nSPS) is 14.2. The summed E-state index contributed by atoms with van der Waals surface area (Å²) in [6.07, 6.45) is 0.778. The lowest BCUT2D eigenvalue weighted by Gasteiger charge is -2.18. The summed E-state index contributed by atoms with van der Waals surface area (Å²) < 4.78 is 12.8. The van der Waals surface area contributed by atoms with Gasteiger partial charge >= 0.3 is 0 Å². The van der Waals surface area contributed by atoms with Gasteiger partial charge < -0.3 is 20.5 Å². The summed E-state index contributed by atoms with van der Waals surface area (Å²) in [7, 11) is 0. The van der Waals surface area contributed by atoms with Gasteiger partial charge in [0.05, 0.1) is 17.8 Å². The molecule has 0 saturated heterocycles. The van der Waals surface area contributed by atoms with Crippen LogP contribution < -0.4 is 15.4 Å². The molecule has 2 unspecified atom stereocenters. The molecule has 0 saturated carbocycles. The van der Waals surface area contributed by atoms with E-state index in [1.54, 1.807) is 6.92 Å². The quantitative estimate of drug-likeness (QED) is 0.612. The van der Waals surface area contributed by atoms with E-state index in [2.05, 4.69) is 19.4 Å². The molecule has 7 nitrogen and oxygen atoms in total. The Morgan fingerprint density at radius 3 is 2.84 bits per heavy atom. The van der Waals surface area contributed by atoms with Crippen LogP contribution in [0.1, 0.15) is 20.8 Å². The molecule has 8 heteroatoms. The highest BCUT2D eigenvalue weighted by molar-refractivity contribution is 6.99. The molecule has 1 aromatic heterocycles. The van der Waals surface area contributed by atoms with Gasteiger partial charge in [-0.2, -0.15) is 4.37 Å². The number of hydrogen-bond acceptors (Lipinski definition) is 7. The molecule has 0 bridgehead atoms. The first-order valence-corrected chi connectivity index (χ1v) is 6.84. The minimum Gasteiger partial charge on any atom is -0.473 e. The minimum absolute atomic E-state index is 0.0909. The number of aliphatic hydroxyl groups is 1. The fourth-order valence-electron chi connectivity index (χ4n) is 1.28. The van der Waals surface area contributed by atoms with Crippen LogP contribution in [0.5, 0.6) is 5.88 Å². The van der Waals surface area contributed by atoms with E-state index in [9.17, 15) is 9.90 Å². The first-order chi connectivity index (χ1) is 8.99. The van der Waals surface area contributed by atoms with Gasteiger partial charge in [0.2, 0.25) is 11.8 Å². The number of carbonyl (C=O) groups excluding carboxylic acids is 1. The molecule has 0 aromatic carbocycles. The van der Waals surface area contributed by atoms with Crippen LogP contribution in [-0.4, -0.2) is 51.1 Å². The van der Waals surface area contributed by atoms with Crippen molar-refractivity contribution >= 4 is 17.6 Å². The predicted octanol–water partition coefficient (Wildman–Crippen LogP) is -0.220. The van der Waals surface area contributed by atoms with Gasteiger partial charge in [-0.05, 0) is 20.8 Å². The predicted molar refractivity (Wildman–Crippen MR) is 72.2 cm³/mol. The Balaban J connectivity index is 2.18. The van der Waals surface area contributed by atoms with Crippen LogP contribution in [-0.2, 0) is 4.79 Å². The Bertz CT molecular complexity index is 372. The molecule has 108 valence electrons. The van der Waals surface area contributed by atoms with E-state index < -0.39 is 6.10 Å². The van der Waals surface area contributed by atoms with Gasteiger partial charge in [-0.25, -0.2) is 0 Å². The maximum Gasteiger partial charge on any atom is 0.245 e. The molecule has 19 heavy (non-hydrogen) atoms. The molecule has 0 radical (unpaired) electrons. The number of rotatable bonds is 8. The first-order valence-electron chi connectivity index (χ1n) is 6.11. The molecular weight excluding hydrogens is 268 g/mol. The van der Waals surface area contributed by atoms with E-state index in [1.807, 2.05) is 13.8 Å². The molecule has 1 aromatic rings. The van der Waals surface area contributed by atoms with E-state index in [0.717, 1.165) is 11.7 Å². The van der Waals surface area contributed by atoms with Gasteiger partial charge in [-0.3, -0.25) is 4.79 Å². The van der Waals surface area contributed by atoms with Crippen molar-refractivity contribution in [1.29, 1.82) is 0 Å². The summed E-state index contributed by atoms with van der Waals surface area (Å²) >= 11 is 1.04. The molecule has 0 aliphatic carbocycles. The topological polar surface area (TPSA) is 96.4 Å². The highest BCUT2D eigenvalue weighted by atomic mass is 32.1. The third-order valence-electron chi connectivity index (χ3n) is 2.25. The molecule has 0 aliphatic heterocycles. The van der Waals surface area contributed by atoms with Gasteiger partial charge in [0.25, 0.3) is 0 Å². The Kier molecular flexibility index (Phi) is 6.68. The maximum atomic E-state index is 11.6. The zero-order valence-electron chi connectivity index (χ0n) is 11.3. The van der Waals surface area contributed by atoms with Crippen molar-refractivity contribution in [1.82, 2.24) is 19.4 Å². The van der Waals surface area contributed by atoms with E-state index in [4.69, 9.17) is 4.74 Å². The standard InChI is InChI=1S/C11H20N4O3S/c1-7(2)14-11(17)8(3)12-4-9(16)6-18-10-5-13-19-15-10/h5,7-9,12,16H,4,6H2,1-3H3,(H,14,17). The van der Waals surface area contributed by atoms with Crippen LogP contribution in [0.3, 0.4) is 0 Å². The zero-order chi connectivity index (χ0) is 14.3. The Morgan fingerprint density at radius 1 is 1.53 bits per heavy atom. The SMILES string of the molecule is CC(C)NC(=O)C(C)NCC(O)COc1cnsn1. The van der Waals surface area contributed by atoms with Gasteiger partial charge in [-0.1, -0.05) is 0 Å². The van der Waals surface area contributed by atoms with Crippen molar-refractivity contribution < 1.29 is 14.6 Å². The van der Waals surface area contributed by atoms with Crippen LogP contribution in [0, 0.1) is 0 Å². The van der Waals surface area contributed by atoms with Crippen LogP contribution in [0.2, 0.25) is 0 Å². The number of nitrogens with zero attached hydrogens (tertiary/aromatic N) is 2. The second-order valence-electron chi connectivity index (χ2n) is 4.50. The van der Waals surface area contributed by atoms with E-state index in [1.165, 1.54) is 6.20 Å². The fraction of sp³-hybridized carbons (Fsp3) is 0.727. The van der Waals surface area contributed by atoms with Crippen LogP contribution in [0.15, 0.2) is 6.20 Å². The second kappa shape index (κ2) is 8.03. The van der Waals surface area contributed by atoms with Crippen molar-refractivity contribution in [3.05, 3.63) is 6.20 Å². The molecule has 1 rings (SSSR count). The van der Waals surface area contributed by atoms with Crippen LogP contribution >= 0.6 is 11.7 Å². The molecule has 1 amide bonds. The number of carbonyl (C=O) groups is 1. The lowest BCUT2D eigenvalue weighted by molar-refractivity contribution is -0.123. The van der Waals surface area contributed by atoms with Crippen molar-refractivity contribution in [2.45, 2.75) is 39.0 Å². The highest BCUT2D eigenvalue weighted by Crippen LogP contribution is 2.05. The number of nitrogens with one attached hydrogen (secondary N) is 2. The van der Waals surface area contributed by atoms with Gasteiger partial charge in [0.1, 0.15) is 18.9 Å². The van der Waals surface area contributed by atoms with Crippen molar-refractivity contribution in [2.24, 2.45) is 0 Å². The molecule has 3 N–H and O–H groups in total. The summed E-state index contributed by atoms with van der Waals surface area (Å²) in [6.45, 7) is 5.92. The molecule has 0 aliphatic rings. The van der Waals surface area contributed by atoms with Crippen molar-refractivity contribution in [3.8, 4) is 5.88 Å². The Hall–Kier alpha value is -1.25. The molecule has 2 atom stereocenters. The third kappa shape index (κ3) is 6.46. The van der Waals surface area contributed by atoms with Crippen LogP contribution in [0.25, 0.3) is 0 Å². The lowest BCUT2D eigenvalue weighted by Crippen LogP contribution is -2.47. The second-order valence-corrected chi connectivity index (χ2v) is 5.06. The number of hydrogen-bond donors (Lipinski definition) is 3. The number of amides is 1. The number of ether oxygens (including phenoxy) is 1. The largest absolute Gasteiger partial charge is 0.473 e. The maximum absolute atomic E-state index is 11.6. The third-order valence-corrected chi connectivity index (χ3v) is 2.71. The minimum atomic E-state index is -0.712. The Labute approximate surface area is 116 Å². The van der Waals surface area contributed by atoms with Gasteiger partial charge in [0.15, 0.2) is 0 Å². The average Bonchev–Trinajstić information content (AvgIpc) is 2.85. The molecule has 0 spiro atoms. The van der Waals surface area contributed by atoms with Gasteiger partial charge in [-0.15, -0.1) is 4.37 Å². The first kappa shape index (κ1) is 15.8. The summed E-state index contributed by atoms with van der Waals surface area (Å²) in [5.74, 6) is 0.307. The fourth-order valence-corrected chi connectivity index (χ4v) is 1.64. The summed E-state index contributed by atoms with van der Waals surface area (Å²) in [4.78, 5) is 11.6. The molecular formula is C11H20N4O3S. The van der Waals surface area contributed by atoms with E-state index in [-0.39, 0.29) is 31.1 Å². The monoisotopic (exact) mass is 288 g/mol. The van der Waals surface area contributed by atoms with Crippen LogP contribution in [0.4, 0.5) is 0 Å². The number of aliphatic hydroxyl groups excluding tert-OH is 1. The lowest BCUT2D eigenvalue weighted by atomic mass is 10.2. The summed E-state index contributed by atoms with van der Waals surface area (Å²) in [6, 6.07) is -0.264. The van der Waals surface area contributed by atoms with Crippen molar-refractivity contribution in [2.75, 3.05) is 13.2 Å². The average molecular weight is 288 g/mol. The molecule has 0 fully saturated rings. The van der Waals surface area contributed by atoms with E-state index >= 15 is 0 Å². The highest BCUT2D eigenvalue weighted by Gasteiger charge is 2.15.